The van der Waals surface area contributed by atoms with Gasteiger partial charge in [0.15, 0.2) is 0 Å². The molecule has 0 fully saturated rings. The Kier molecular flexibility index (Phi) is 5.67. The maximum atomic E-state index is 11.7. The van der Waals surface area contributed by atoms with Crippen molar-refractivity contribution in [2.45, 2.75) is 24.9 Å². The Hall–Kier alpha value is -2.41. The number of nitrogens with one attached hydrogen (secondary N) is 1. The average Bonchev–Trinajstić information content (AvgIpc) is 2.38. The number of carbonyl (C=O) groups excluding carboxylic acids is 2. The van der Waals surface area contributed by atoms with E-state index in [0.717, 1.165) is 5.56 Å². The average molecular weight is 279 g/mol. The second-order valence-electron chi connectivity index (χ2n) is 4.37. The van der Waals surface area contributed by atoms with Crippen molar-refractivity contribution >= 4 is 17.8 Å². The first-order valence-electron chi connectivity index (χ1n) is 6.01. The third kappa shape index (κ3) is 5.07. The standard InChI is InChI=1S/C13H17N3O4/c14-9(7-11(15)17)12(18)16-10(13(19)20)6-8-4-2-1-3-5-8/h1-5,9-10H,6-7,14H2,(H2,15,17)(H,16,18)(H,19,20)/t9-,10+/m1/s1. The summed E-state index contributed by atoms with van der Waals surface area (Å²) in [7, 11) is 0. The molecule has 6 N–H and O–H groups in total. The molecule has 1 aromatic rings. The third-order valence-electron chi connectivity index (χ3n) is 2.66. The number of amides is 2. The molecule has 0 aliphatic heterocycles. The zero-order valence-electron chi connectivity index (χ0n) is 10.8. The van der Waals surface area contributed by atoms with Crippen LogP contribution in [0, 0.1) is 0 Å². The van der Waals surface area contributed by atoms with E-state index < -0.39 is 29.9 Å². The molecule has 1 rings (SSSR count). The van der Waals surface area contributed by atoms with Gasteiger partial charge in [0.1, 0.15) is 6.04 Å². The molecular formula is C13H17N3O4. The number of primary amides is 1. The van der Waals surface area contributed by atoms with Crippen LogP contribution in [-0.4, -0.2) is 35.0 Å². The summed E-state index contributed by atoms with van der Waals surface area (Å²) in [6.45, 7) is 0. The van der Waals surface area contributed by atoms with Crippen LogP contribution in [0.25, 0.3) is 0 Å². The lowest BCUT2D eigenvalue weighted by atomic mass is 10.1. The van der Waals surface area contributed by atoms with Crippen molar-refractivity contribution in [3.05, 3.63) is 35.9 Å². The predicted molar refractivity (Wildman–Crippen MR) is 71.5 cm³/mol. The van der Waals surface area contributed by atoms with Crippen molar-refractivity contribution in [2.24, 2.45) is 11.5 Å². The minimum absolute atomic E-state index is 0.130. The molecule has 0 saturated carbocycles. The Balaban J connectivity index is 2.66. The minimum Gasteiger partial charge on any atom is -0.480 e. The van der Waals surface area contributed by atoms with Gasteiger partial charge >= 0.3 is 5.97 Å². The van der Waals surface area contributed by atoms with E-state index in [1.807, 2.05) is 0 Å². The zero-order valence-corrected chi connectivity index (χ0v) is 10.8. The number of benzene rings is 1. The van der Waals surface area contributed by atoms with Gasteiger partial charge in [-0.3, -0.25) is 9.59 Å². The quantitative estimate of drug-likeness (QED) is 0.507. The summed E-state index contributed by atoms with van der Waals surface area (Å²) < 4.78 is 0. The van der Waals surface area contributed by atoms with Crippen molar-refractivity contribution in [1.82, 2.24) is 5.32 Å². The number of aliphatic carboxylic acids is 1. The molecule has 0 radical (unpaired) electrons. The van der Waals surface area contributed by atoms with Gasteiger partial charge in [0, 0.05) is 6.42 Å². The fourth-order valence-corrected chi connectivity index (χ4v) is 1.64. The molecule has 2 atom stereocenters. The molecule has 7 heteroatoms. The van der Waals surface area contributed by atoms with Crippen molar-refractivity contribution < 1.29 is 19.5 Å². The van der Waals surface area contributed by atoms with E-state index in [1.54, 1.807) is 30.3 Å². The van der Waals surface area contributed by atoms with Gasteiger partial charge in [-0.05, 0) is 5.56 Å². The van der Waals surface area contributed by atoms with Crippen LogP contribution in [0.1, 0.15) is 12.0 Å². The van der Waals surface area contributed by atoms with Crippen molar-refractivity contribution in [1.29, 1.82) is 0 Å². The van der Waals surface area contributed by atoms with Crippen molar-refractivity contribution in [2.75, 3.05) is 0 Å². The summed E-state index contributed by atoms with van der Waals surface area (Å²) in [6, 6.07) is 6.61. The second-order valence-corrected chi connectivity index (χ2v) is 4.37. The fourth-order valence-electron chi connectivity index (χ4n) is 1.64. The smallest absolute Gasteiger partial charge is 0.326 e. The number of carbonyl (C=O) groups is 3. The highest BCUT2D eigenvalue weighted by atomic mass is 16.4. The molecule has 1 aromatic carbocycles. The lowest BCUT2D eigenvalue weighted by Gasteiger charge is -2.17. The second kappa shape index (κ2) is 7.25. The van der Waals surface area contributed by atoms with Crippen LogP contribution in [0.5, 0.6) is 0 Å². The van der Waals surface area contributed by atoms with E-state index in [2.05, 4.69) is 5.32 Å². The summed E-state index contributed by atoms with van der Waals surface area (Å²) in [5, 5.41) is 11.4. The predicted octanol–water partition coefficient (Wildman–Crippen LogP) is -0.999. The van der Waals surface area contributed by atoms with E-state index >= 15 is 0 Å². The first-order chi connectivity index (χ1) is 9.40. The molecule has 0 aliphatic carbocycles. The number of rotatable bonds is 7. The largest absolute Gasteiger partial charge is 0.480 e. The Morgan fingerprint density at radius 1 is 1.20 bits per heavy atom. The first kappa shape index (κ1) is 15.6. The van der Waals surface area contributed by atoms with E-state index in [-0.39, 0.29) is 12.8 Å². The highest BCUT2D eigenvalue weighted by Gasteiger charge is 2.24. The monoisotopic (exact) mass is 279 g/mol. The van der Waals surface area contributed by atoms with Gasteiger partial charge in [0.2, 0.25) is 11.8 Å². The van der Waals surface area contributed by atoms with Gasteiger partial charge in [-0.2, -0.15) is 0 Å². The van der Waals surface area contributed by atoms with Gasteiger partial charge in [-0.15, -0.1) is 0 Å². The van der Waals surface area contributed by atoms with Crippen LogP contribution in [0.15, 0.2) is 30.3 Å². The third-order valence-corrected chi connectivity index (χ3v) is 2.66. The highest BCUT2D eigenvalue weighted by molar-refractivity contribution is 5.90. The number of hydrogen-bond acceptors (Lipinski definition) is 4. The fraction of sp³-hybridized carbons (Fsp3) is 0.308. The number of nitrogens with two attached hydrogens (primary N) is 2. The van der Waals surface area contributed by atoms with E-state index in [9.17, 15) is 14.4 Å². The lowest BCUT2D eigenvalue weighted by molar-refractivity contribution is -0.142. The molecule has 0 saturated heterocycles. The van der Waals surface area contributed by atoms with Gasteiger partial charge in [-0.1, -0.05) is 30.3 Å². The highest BCUT2D eigenvalue weighted by Crippen LogP contribution is 2.04. The van der Waals surface area contributed by atoms with E-state index in [1.165, 1.54) is 0 Å². The zero-order chi connectivity index (χ0) is 15.1. The van der Waals surface area contributed by atoms with Crippen LogP contribution in [0.2, 0.25) is 0 Å². The van der Waals surface area contributed by atoms with E-state index in [0.29, 0.717) is 0 Å². The Labute approximate surface area is 115 Å². The molecule has 0 heterocycles. The van der Waals surface area contributed by atoms with Gasteiger partial charge in [0.05, 0.1) is 12.5 Å². The first-order valence-corrected chi connectivity index (χ1v) is 6.01. The maximum Gasteiger partial charge on any atom is 0.326 e. The van der Waals surface area contributed by atoms with Crippen LogP contribution in [0.4, 0.5) is 0 Å². The summed E-state index contributed by atoms with van der Waals surface area (Å²) in [6.07, 6.45) is -0.200. The van der Waals surface area contributed by atoms with E-state index in [4.69, 9.17) is 16.6 Å². The summed E-state index contributed by atoms with van der Waals surface area (Å²) in [5.41, 5.74) is 11.2. The summed E-state index contributed by atoms with van der Waals surface area (Å²) >= 11 is 0. The Morgan fingerprint density at radius 3 is 2.30 bits per heavy atom. The SMILES string of the molecule is NC(=O)C[C@@H](N)C(=O)N[C@@H](Cc1ccccc1)C(=O)O. The molecule has 0 unspecified atom stereocenters. The maximum absolute atomic E-state index is 11.7. The summed E-state index contributed by atoms with van der Waals surface area (Å²) in [5.74, 6) is -2.61. The molecule has 0 aromatic heterocycles. The molecule has 20 heavy (non-hydrogen) atoms. The van der Waals surface area contributed by atoms with Crippen molar-refractivity contribution in [3.63, 3.8) is 0 Å². The van der Waals surface area contributed by atoms with Crippen molar-refractivity contribution in [3.8, 4) is 0 Å². The van der Waals surface area contributed by atoms with Gasteiger partial charge in [0.25, 0.3) is 0 Å². The molecule has 0 bridgehead atoms. The molecule has 108 valence electrons. The Bertz CT molecular complexity index is 490. The van der Waals surface area contributed by atoms with Crippen LogP contribution in [-0.2, 0) is 20.8 Å². The van der Waals surface area contributed by atoms with Crippen LogP contribution >= 0.6 is 0 Å². The number of carboxylic acid groups (broad SMARTS) is 1. The molecule has 2 amide bonds. The molecular weight excluding hydrogens is 262 g/mol. The lowest BCUT2D eigenvalue weighted by Crippen LogP contribution is -2.50. The molecule has 0 spiro atoms. The summed E-state index contributed by atoms with van der Waals surface area (Å²) in [4.78, 5) is 33.5. The van der Waals surface area contributed by atoms with Gasteiger partial charge < -0.3 is 21.9 Å². The normalized spacial score (nSPS) is 13.2. The molecule has 0 aliphatic rings. The topological polar surface area (TPSA) is 136 Å². The van der Waals surface area contributed by atoms with Crippen LogP contribution in [0.3, 0.4) is 0 Å². The van der Waals surface area contributed by atoms with Crippen LogP contribution < -0.4 is 16.8 Å². The van der Waals surface area contributed by atoms with Gasteiger partial charge in [-0.25, -0.2) is 4.79 Å². The number of carboxylic acids is 1. The number of hydrogen-bond donors (Lipinski definition) is 4. The molecule has 7 nitrogen and oxygen atoms in total. The minimum atomic E-state index is -1.17. The Morgan fingerprint density at radius 2 is 1.80 bits per heavy atom.